The monoisotopic (exact) mass is 407 g/mol. The van der Waals surface area contributed by atoms with Crippen molar-refractivity contribution in [3.05, 3.63) is 29.8 Å². The van der Waals surface area contributed by atoms with Gasteiger partial charge in [0.2, 0.25) is 0 Å². The smallest absolute Gasteiger partial charge is 0.482 e. The molecule has 8 heteroatoms. The number of hydrogen-bond acceptors (Lipinski definition) is 6. The molecule has 0 unspecified atom stereocenters. The Hall–Kier alpha value is -1.77. The third-order valence-electron chi connectivity index (χ3n) is 4.78. The number of hydrogen-bond donors (Lipinski definition) is 3. The van der Waals surface area contributed by atoms with Gasteiger partial charge < -0.3 is 29.7 Å². The maximum absolute atomic E-state index is 12.2. The first-order chi connectivity index (χ1) is 13.7. The summed E-state index contributed by atoms with van der Waals surface area (Å²) in [6, 6.07) is 8.93. The summed E-state index contributed by atoms with van der Waals surface area (Å²) in [6.45, 7) is 9.21. The molecule has 1 fully saturated rings. The van der Waals surface area contributed by atoms with Crippen molar-refractivity contribution in [2.24, 2.45) is 0 Å². The van der Waals surface area contributed by atoms with E-state index in [1.54, 1.807) is 4.90 Å². The molecule has 1 aliphatic carbocycles. The zero-order chi connectivity index (χ0) is 21.9. The van der Waals surface area contributed by atoms with E-state index in [9.17, 15) is 4.79 Å². The van der Waals surface area contributed by atoms with Gasteiger partial charge in [-0.05, 0) is 59.4 Å². The SMILES string of the molecule is CCOc1ccccc1CNC1CCC(N(C)C(=O)OC(C)(C)C)CC1.O[B]O. The van der Waals surface area contributed by atoms with Crippen LogP contribution < -0.4 is 10.1 Å². The summed E-state index contributed by atoms with van der Waals surface area (Å²) in [5.41, 5.74) is 0.750. The van der Waals surface area contributed by atoms with Gasteiger partial charge in [-0.25, -0.2) is 4.79 Å². The predicted octanol–water partition coefficient (Wildman–Crippen LogP) is 2.86. The molecule has 0 atom stereocenters. The molecule has 2 rings (SSSR count). The lowest BCUT2D eigenvalue weighted by Gasteiger charge is -2.35. The Morgan fingerprint density at radius 1 is 1.21 bits per heavy atom. The molecule has 0 aliphatic heterocycles. The first-order valence-electron chi connectivity index (χ1n) is 10.2. The normalized spacial score (nSPS) is 18.9. The molecule has 1 amide bonds. The van der Waals surface area contributed by atoms with E-state index in [0.29, 0.717) is 12.6 Å². The summed E-state index contributed by atoms with van der Waals surface area (Å²) in [5.74, 6) is 0.959. The van der Waals surface area contributed by atoms with E-state index in [0.717, 1.165) is 38.0 Å². The molecule has 1 aromatic carbocycles. The number of para-hydroxylation sites is 1. The van der Waals surface area contributed by atoms with Crippen molar-refractivity contribution in [1.82, 2.24) is 10.2 Å². The third kappa shape index (κ3) is 9.52. The highest BCUT2D eigenvalue weighted by Crippen LogP contribution is 2.25. The van der Waals surface area contributed by atoms with E-state index in [1.165, 1.54) is 5.56 Å². The molecule has 0 saturated heterocycles. The van der Waals surface area contributed by atoms with Gasteiger partial charge in [-0.1, -0.05) is 18.2 Å². The Morgan fingerprint density at radius 3 is 2.34 bits per heavy atom. The minimum absolute atomic E-state index is 0. The summed E-state index contributed by atoms with van der Waals surface area (Å²) < 4.78 is 11.2. The molecule has 0 aromatic heterocycles. The molecule has 1 saturated carbocycles. The molecule has 3 N–H and O–H groups in total. The molecule has 1 aliphatic rings. The van der Waals surface area contributed by atoms with Gasteiger partial charge in [-0.2, -0.15) is 0 Å². The average molecular weight is 407 g/mol. The second-order valence-corrected chi connectivity index (χ2v) is 8.13. The summed E-state index contributed by atoms with van der Waals surface area (Å²) in [5, 5.41) is 17.6. The van der Waals surface area contributed by atoms with Gasteiger partial charge in [0, 0.05) is 31.2 Å². The van der Waals surface area contributed by atoms with Gasteiger partial charge in [-0.3, -0.25) is 0 Å². The Morgan fingerprint density at radius 2 is 1.79 bits per heavy atom. The van der Waals surface area contributed by atoms with Crippen molar-refractivity contribution in [2.75, 3.05) is 13.7 Å². The van der Waals surface area contributed by atoms with E-state index in [4.69, 9.17) is 19.5 Å². The Bertz CT molecular complexity index is 601. The molecule has 29 heavy (non-hydrogen) atoms. The van der Waals surface area contributed by atoms with Crippen LogP contribution >= 0.6 is 0 Å². The van der Waals surface area contributed by atoms with Gasteiger partial charge in [0.05, 0.1) is 6.61 Å². The number of amides is 1. The van der Waals surface area contributed by atoms with Gasteiger partial charge >= 0.3 is 13.8 Å². The van der Waals surface area contributed by atoms with E-state index >= 15 is 0 Å². The van der Waals surface area contributed by atoms with Crippen molar-refractivity contribution in [3.8, 4) is 5.75 Å². The molecule has 0 bridgehead atoms. The van der Waals surface area contributed by atoms with Crippen LogP contribution in [0.4, 0.5) is 4.79 Å². The first kappa shape index (κ1) is 25.3. The highest BCUT2D eigenvalue weighted by molar-refractivity contribution is 6.13. The lowest BCUT2D eigenvalue weighted by molar-refractivity contribution is 0.0179. The second-order valence-electron chi connectivity index (χ2n) is 8.13. The zero-order valence-electron chi connectivity index (χ0n) is 18.4. The fourth-order valence-corrected chi connectivity index (χ4v) is 3.35. The molecule has 0 spiro atoms. The lowest BCUT2D eigenvalue weighted by Crippen LogP contribution is -2.44. The van der Waals surface area contributed by atoms with Crippen LogP contribution in [0.25, 0.3) is 0 Å². The minimum atomic E-state index is -0.446. The Kier molecular flexibility index (Phi) is 11.1. The predicted molar refractivity (Wildman–Crippen MR) is 115 cm³/mol. The van der Waals surface area contributed by atoms with Crippen LogP contribution in [0.3, 0.4) is 0 Å². The van der Waals surface area contributed by atoms with Gasteiger partial charge in [0.15, 0.2) is 0 Å². The van der Waals surface area contributed by atoms with Crippen LogP contribution in [0, 0.1) is 0 Å². The highest BCUT2D eigenvalue weighted by atomic mass is 16.6. The Balaban J connectivity index is 0.00000132. The van der Waals surface area contributed by atoms with E-state index in [1.807, 2.05) is 52.9 Å². The summed E-state index contributed by atoms with van der Waals surface area (Å²) >= 11 is 0. The summed E-state index contributed by atoms with van der Waals surface area (Å²) in [7, 11) is 1.85. The number of ether oxygens (including phenoxy) is 2. The molecule has 1 radical (unpaired) electrons. The topological polar surface area (TPSA) is 91.3 Å². The average Bonchev–Trinajstić information content (AvgIpc) is 2.67. The van der Waals surface area contributed by atoms with Crippen molar-refractivity contribution in [3.63, 3.8) is 0 Å². The van der Waals surface area contributed by atoms with Crippen LogP contribution in [-0.2, 0) is 11.3 Å². The number of nitrogens with zero attached hydrogens (tertiary/aromatic N) is 1. The summed E-state index contributed by atoms with van der Waals surface area (Å²) in [6.07, 6.45) is 3.91. The number of carbonyl (C=O) groups is 1. The molecule has 7 nitrogen and oxygen atoms in total. The second kappa shape index (κ2) is 12.7. The number of benzene rings is 1. The number of rotatable bonds is 6. The van der Waals surface area contributed by atoms with Crippen LogP contribution in [0.1, 0.15) is 58.9 Å². The molecular formula is C21H36BN2O5. The standard InChI is InChI=1S/C21H34N2O3.BH2O2/c1-6-25-19-10-8-7-9-16(19)15-22-17-11-13-18(14-12-17)23(5)20(24)26-21(2,3)4;2-1-3/h7-10,17-18,22H,6,11-15H2,1-5H3;2-3H. The number of carbonyl (C=O) groups excluding carboxylic acids is 1. The van der Waals surface area contributed by atoms with E-state index in [-0.39, 0.29) is 19.8 Å². The van der Waals surface area contributed by atoms with Gasteiger partial charge in [0.1, 0.15) is 11.4 Å². The molecular weight excluding hydrogens is 371 g/mol. The molecule has 163 valence electrons. The fourth-order valence-electron chi connectivity index (χ4n) is 3.35. The van der Waals surface area contributed by atoms with Crippen LogP contribution in [0.2, 0.25) is 0 Å². The van der Waals surface area contributed by atoms with Crippen molar-refractivity contribution in [2.45, 2.75) is 77.6 Å². The highest BCUT2D eigenvalue weighted by Gasteiger charge is 2.29. The van der Waals surface area contributed by atoms with Crippen LogP contribution in [0.5, 0.6) is 5.75 Å². The lowest BCUT2D eigenvalue weighted by atomic mass is 9.90. The minimum Gasteiger partial charge on any atom is -0.494 e. The molecule has 1 aromatic rings. The quantitative estimate of drug-likeness (QED) is 0.629. The first-order valence-corrected chi connectivity index (χ1v) is 10.2. The maximum Gasteiger partial charge on any atom is 0.482 e. The van der Waals surface area contributed by atoms with Crippen molar-refractivity contribution < 1.29 is 24.3 Å². The van der Waals surface area contributed by atoms with Crippen LogP contribution in [0.15, 0.2) is 24.3 Å². The van der Waals surface area contributed by atoms with E-state index in [2.05, 4.69) is 11.4 Å². The fraction of sp³-hybridized carbons (Fsp3) is 0.667. The third-order valence-corrected chi connectivity index (χ3v) is 4.78. The van der Waals surface area contributed by atoms with Gasteiger partial charge in [0.25, 0.3) is 0 Å². The maximum atomic E-state index is 12.2. The van der Waals surface area contributed by atoms with Gasteiger partial charge in [-0.15, -0.1) is 0 Å². The number of nitrogens with one attached hydrogen (secondary N) is 1. The van der Waals surface area contributed by atoms with Crippen LogP contribution in [-0.4, -0.2) is 60.1 Å². The largest absolute Gasteiger partial charge is 0.494 e. The zero-order valence-corrected chi connectivity index (χ0v) is 18.4. The summed E-state index contributed by atoms with van der Waals surface area (Å²) in [4.78, 5) is 14.0. The van der Waals surface area contributed by atoms with Crippen molar-refractivity contribution >= 4 is 13.8 Å². The van der Waals surface area contributed by atoms with Crippen molar-refractivity contribution in [1.29, 1.82) is 0 Å². The molecule has 0 heterocycles. The van der Waals surface area contributed by atoms with E-state index < -0.39 is 5.60 Å². The Labute approximate surface area is 175 Å².